The molecule has 0 saturated carbocycles. The van der Waals surface area contributed by atoms with Crippen molar-refractivity contribution in [3.05, 3.63) is 17.7 Å². The lowest BCUT2D eigenvalue weighted by atomic mass is 10.0. The third kappa shape index (κ3) is 2.58. The largest absolute Gasteiger partial charge is 0.329 e. The first-order valence-corrected chi connectivity index (χ1v) is 7.94. The van der Waals surface area contributed by atoms with E-state index in [4.69, 9.17) is 4.98 Å². The van der Waals surface area contributed by atoms with Gasteiger partial charge in [-0.3, -0.25) is 0 Å². The van der Waals surface area contributed by atoms with Crippen LogP contribution in [0.2, 0.25) is 0 Å². The molecule has 2 aliphatic heterocycles. The summed E-state index contributed by atoms with van der Waals surface area (Å²) in [6.45, 7) is 9.49. The van der Waals surface area contributed by atoms with Crippen LogP contribution in [0.1, 0.15) is 57.6 Å². The number of rotatable bonds is 3. The van der Waals surface area contributed by atoms with Crippen LogP contribution in [0.4, 0.5) is 0 Å². The number of likely N-dealkylation sites (tertiary alicyclic amines) is 1. The molecule has 0 N–H and O–H groups in total. The summed E-state index contributed by atoms with van der Waals surface area (Å²) >= 11 is 0. The summed E-state index contributed by atoms with van der Waals surface area (Å²) in [7, 11) is 0. The zero-order chi connectivity index (χ0) is 13.4. The van der Waals surface area contributed by atoms with Crippen molar-refractivity contribution in [2.24, 2.45) is 5.92 Å². The van der Waals surface area contributed by atoms with Crippen LogP contribution in [0.3, 0.4) is 0 Å². The molecule has 3 heterocycles. The quantitative estimate of drug-likeness (QED) is 0.834. The molecule has 0 bridgehead atoms. The second kappa shape index (κ2) is 5.28. The Labute approximate surface area is 117 Å². The summed E-state index contributed by atoms with van der Waals surface area (Å²) in [6.07, 6.45) is 8.51. The van der Waals surface area contributed by atoms with Gasteiger partial charge in [-0.2, -0.15) is 0 Å². The fourth-order valence-electron chi connectivity index (χ4n) is 3.78. The first-order chi connectivity index (χ1) is 9.15. The molecular weight excluding hydrogens is 234 g/mol. The Hall–Kier alpha value is -0.830. The van der Waals surface area contributed by atoms with Crippen molar-refractivity contribution < 1.29 is 0 Å². The van der Waals surface area contributed by atoms with Crippen LogP contribution in [0.5, 0.6) is 0 Å². The monoisotopic (exact) mass is 261 g/mol. The predicted molar refractivity (Wildman–Crippen MR) is 78.4 cm³/mol. The number of fused-ring (bicyclic) bond motifs is 1. The minimum atomic E-state index is 0.656. The molecule has 3 heteroatoms. The van der Waals surface area contributed by atoms with Crippen molar-refractivity contribution >= 4 is 0 Å². The number of hydrogen-bond donors (Lipinski definition) is 0. The summed E-state index contributed by atoms with van der Waals surface area (Å²) in [6, 6.07) is 1.35. The van der Waals surface area contributed by atoms with Crippen molar-refractivity contribution in [3.63, 3.8) is 0 Å². The SMILES string of the molecule is CC(C)N1CCC(Cc2ncc3n2C(C)CCC3)C1. The molecule has 0 radical (unpaired) electrons. The molecule has 1 aromatic heterocycles. The van der Waals surface area contributed by atoms with Gasteiger partial charge in [0.15, 0.2) is 0 Å². The van der Waals surface area contributed by atoms with E-state index in [0.29, 0.717) is 12.1 Å². The smallest absolute Gasteiger partial charge is 0.109 e. The lowest BCUT2D eigenvalue weighted by molar-refractivity contribution is 0.263. The Kier molecular flexibility index (Phi) is 3.66. The minimum absolute atomic E-state index is 0.656. The van der Waals surface area contributed by atoms with E-state index in [2.05, 4.69) is 36.4 Å². The van der Waals surface area contributed by atoms with Crippen LogP contribution < -0.4 is 0 Å². The van der Waals surface area contributed by atoms with Gasteiger partial charge in [0, 0.05) is 36.9 Å². The normalized spacial score (nSPS) is 28.0. The van der Waals surface area contributed by atoms with Crippen LogP contribution in [0.15, 0.2) is 6.20 Å². The first-order valence-electron chi connectivity index (χ1n) is 7.94. The van der Waals surface area contributed by atoms with Crippen molar-refractivity contribution in [2.45, 2.75) is 65.0 Å². The topological polar surface area (TPSA) is 21.1 Å². The van der Waals surface area contributed by atoms with Gasteiger partial charge in [-0.15, -0.1) is 0 Å². The Balaban J connectivity index is 1.70. The van der Waals surface area contributed by atoms with Crippen LogP contribution in [-0.4, -0.2) is 33.6 Å². The zero-order valence-electron chi connectivity index (χ0n) is 12.6. The number of aromatic nitrogens is 2. The van der Waals surface area contributed by atoms with Crippen molar-refractivity contribution in [2.75, 3.05) is 13.1 Å². The molecule has 0 amide bonds. The highest BCUT2D eigenvalue weighted by molar-refractivity contribution is 5.11. The van der Waals surface area contributed by atoms with E-state index >= 15 is 0 Å². The Morgan fingerprint density at radius 1 is 1.37 bits per heavy atom. The van der Waals surface area contributed by atoms with Crippen molar-refractivity contribution in [1.29, 1.82) is 0 Å². The van der Waals surface area contributed by atoms with Gasteiger partial charge in [-0.1, -0.05) is 0 Å². The van der Waals surface area contributed by atoms with E-state index < -0.39 is 0 Å². The Bertz CT molecular complexity index is 435. The van der Waals surface area contributed by atoms with Gasteiger partial charge in [-0.05, 0) is 58.9 Å². The van der Waals surface area contributed by atoms with E-state index in [1.807, 2.05) is 0 Å². The maximum Gasteiger partial charge on any atom is 0.109 e. The first kappa shape index (κ1) is 13.2. The second-order valence-electron chi connectivity index (χ2n) is 6.72. The van der Waals surface area contributed by atoms with Crippen LogP contribution in [-0.2, 0) is 12.8 Å². The van der Waals surface area contributed by atoms with Gasteiger partial charge in [0.1, 0.15) is 5.82 Å². The second-order valence-corrected chi connectivity index (χ2v) is 6.72. The standard InChI is InChI=1S/C16H27N3/c1-12(2)18-8-7-14(11-18)9-16-17-10-15-6-4-5-13(3)19(15)16/h10,12-14H,4-9,11H2,1-3H3. The Morgan fingerprint density at radius 3 is 2.95 bits per heavy atom. The lowest BCUT2D eigenvalue weighted by Crippen LogP contribution is -2.28. The molecule has 0 aliphatic carbocycles. The van der Waals surface area contributed by atoms with Crippen LogP contribution >= 0.6 is 0 Å². The lowest BCUT2D eigenvalue weighted by Gasteiger charge is -2.25. The minimum Gasteiger partial charge on any atom is -0.329 e. The molecule has 106 valence electrons. The molecule has 3 nitrogen and oxygen atoms in total. The molecule has 1 fully saturated rings. The molecule has 0 aromatic carbocycles. The van der Waals surface area contributed by atoms with Gasteiger partial charge < -0.3 is 9.47 Å². The number of imidazole rings is 1. The molecule has 2 aliphatic rings. The molecular formula is C16H27N3. The van der Waals surface area contributed by atoms with Gasteiger partial charge in [0.2, 0.25) is 0 Å². The summed E-state index contributed by atoms with van der Waals surface area (Å²) in [5, 5.41) is 0. The molecule has 2 atom stereocenters. The molecule has 1 saturated heterocycles. The number of aryl methyl sites for hydroxylation is 1. The highest BCUT2D eigenvalue weighted by atomic mass is 15.2. The van der Waals surface area contributed by atoms with Crippen molar-refractivity contribution in [3.8, 4) is 0 Å². The fourth-order valence-corrected chi connectivity index (χ4v) is 3.78. The van der Waals surface area contributed by atoms with Gasteiger partial charge in [-0.25, -0.2) is 4.98 Å². The molecule has 19 heavy (non-hydrogen) atoms. The van der Waals surface area contributed by atoms with E-state index in [1.165, 1.54) is 56.7 Å². The summed E-state index contributed by atoms with van der Waals surface area (Å²) in [4.78, 5) is 7.33. The van der Waals surface area contributed by atoms with E-state index in [0.717, 1.165) is 5.92 Å². The maximum absolute atomic E-state index is 4.73. The zero-order valence-corrected chi connectivity index (χ0v) is 12.6. The molecule has 0 spiro atoms. The predicted octanol–water partition coefficient (Wildman–Crippen LogP) is 3.05. The highest BCUT2D eigenvalue weighted by Crippen LogP contribution is 2.29. The highest BCUT2D eigenvalue weighted by Gasteiger charge is 2.27. The van der Waals surface area contributed by atoms with Gasteiger partial charge in [0.05, 0.1) is 0 Å². The van der Waals surface area contributed by atoms with Crippen LogP contribution in [0.25, 0.3) is 0 Å². The van der Waals surface area contributed by atoms with E-state index in [9.17, 15) is 0 Å². The summed E-state index contributed by atoms with van der Waals surface area (Å²) in [5.74, 6) is 2.15. The molecule has 1 aromatic rings. The fraction of sp³-hybridized carbons (Fsp3) is 0.812. The molecule has 2 unspecified atom stereocenters. The van der Waals surface area contributed by atoms with E-state index in [1.54, 1.807) is 0 Å². The Morgan fingerprint density at radius 2 is 2.21 bits per heavy atom. The summed E-state index contributed by atoms with van der Waals surface area (Å²) in [5.41, 5.74) is 1.47. The number of hydrogen-bond acceptors (Lipinski definition) is 2. The molecule has 3 rings (SSSR count). The van der Waals surface area contributed by atoms with Gasteiger partial charge >= 0.3 is 0 Å². The third-order valence-corrected chi connectivity index (χ3v) is 4.96. The maximum atomic E-state index is 4.73. The van der Waals surface area contributed by atoms with Gasteiger partial charge in [0.25, 0.3) is 0 Å². The van der Waals surface area contributed by atoms with E-state index in [-0.39, 0.29) is 0 Å². The number of nitrogens with zero attached hydrogens (tertiary/aromatic N) is 3. The third-order valence-electron chi connectivity index (χ3n) is 4.96. The average Bonchev–Trinajstić information content (AvgIpc) is 2.98. The summed E-state index contributed by atoms with van der Waals surface area (Å²) < 4.78 is 2.53. The average molecular weight is 261 g/mol. The van der Waals surface area contributed by atoms with Crippen LogP contribution in [0, 0.1) is 5.92 Å². The van der Waals surface area contributed by atoms with Crippen molar-refractivity contribution in [1.82, 2.24) is 14.5 Å².